The third kappa shape index (κ3) is 8.47. The number of benzene rings is 2. The molecule has 2 saturated heterocycles. The van der Waals surface area contributed by atoms with Gasteiger partial charge in [-0.15, -0.1) is 0 Å². The molecule has 7 nitrogen and oxygen atoms in total. The third-order valence-corrected chi connectivity index (χ3v) is 7.74. The van der Waals surface area contributed by atoms with Crippen molar-refractivity contribution in [2.45, 2.75) is 51.0 Å². The van der Waals surface area contributed by atoms with Crippen molar-refractivity contribution in [3.05, 3.63) is 65.2 Å². The molecular formula is C30H39F2N3O4. The van der Waals surface area contributed by atoms with Gasteiger partial charge in [-0.3, -0.25) is 9.59 Å². The second-order valence-electron chi connectivity index (χ2n) is 10.6. The van der Waals surface area contributed by atoms with E-state index in [9.17, 15) is 23.5 Å². The molecule has 212 valence electrons. The van der Waals surface area contributed by atoms with Gasteiger partial charge in [-0.1, -0.05) is 30.3 Å². The number of carbonyl (C=O) groups excluding carboxylic acids is 2. The van der Waals surface area contributed by atoms with Gasteiger partial charge in [0.2, 0.25) is 11.8 Å². The number of alkyl halides is 2. The van der Waals surface area contributed by atoms with Crippen molar-refractivity contribution >= 4 is 11.8 Å². The first-order valence-electron chi connectivity index (χ1n) is 13.9. The molecule has 2 aliphatic heterocycles. The summed E-state index contributed by atoms with van der Waals surface area (Å²) in [5.41, 5.74) is 1.10. The Kier molecular flexibility index (Phi) is 10.7. The minimum absolute atomic E-state index is 0.148. The number of nitrogens with one attached hydrogen (secondary N) is 2. The number of amides is 2. The Bertz CT molecular complexity index is 1070. The van der Waals surface area contributed by atoms with E-state index in [1.165, 1.54) is 18.2 Å². The standard InChI is InChI=1S/C30H39F2N3O4/c31-29(32)25-3-1-2-24(18-25)28(30(38)34-19-22-10-14-33-15-11-22)35(20-23-12-16-39-17-13-23)27(37)9-6-21-4-7-26(36)8-5-21/h1-5,7-8,18,22-23,28-29,33,36H,6,9-17,19-20H2,(H,34,38). The lowest BCUT2D eigenvalue weighted by atomic mass is 9.94. The number of nitrogens with zero attached hydrogens (tertiary/aromatic N) is 1. The molecule has 0 aromatic heterocycles. The normalized spacial score (nSPS) is 17.6. The molecule has 2 aromatic carbocycles. The van der Waals surface area contributed by atoms with Gasteiger partial charge in [-0.05, 0) is 86.4 Å². The van der Waals surface area contributed by atoms with Gasteiger partial charge < -0.3 is 25.4 Å². The van der Waals surface area contributed by atoms with E-state index in [1.54, 1.807) is 35.2 Å². The zero-order chi connectivity index (χ0) is 27.6. The zero-order valence-corrected chi connectivity index (χ0v) is 22.3. The first kappa shape index (κ1) is 29.0. The Morgan fingerprint density at radius 3 is 2.38 bits per heavy atom. The van der Waals surface area contributed by atoms with E-state index < -0.39 is 12.5 Å². The van der Waals surface area contributed by atoms with Crippen molar-refractivity contribution in [1.82, 2.24) is 15.5 Å². The number of aryl methyl sites for hydroxylation is 1. The molecule has 0 radical (unpaired) electrons. The number of halogens is 2. The Balaban J connectivity index is 1.60. The van der Waals surface area contributed by atoms with E-state index in [1.807, 2.05) is 0 Å². The average Bonchev–Trinajstić information content (AvgIpc) is 2.96. The lowest BCUT2D eigenvalue weighted by Crippen LogP contribution is -2.47. The molecule has 1 atom stereocenters. The van der Waals surface area contributed by atoms with Crippen molar-refractivity contribution in [3.8, 4) is 5.75 Å². The molecule has 2 aromatic rings. The summed E-state index contributed by atoms with van der Waals surface area (Å²) in [6, 6.07) is 11.5. The van der Waals surface area contributed by atoms with Crippen LogP contribution in [0.2, 0.25) is 0 Å². The molecule has 2 heterocycles. The highest BCUT2D eigenvalue weighted by Gasteiger charge is 2.34. The highest BCUT2D eigenvalue weighted by atomic mass is 19.3. The maximum Gasteiger partial charge on any atom is 0.263 e. The average molecular weight is 544 g/mol. The van der Waals surface area contributed by atoms with Crippen LogP contribution in [0.15, 0.2) is 48.5 Å². The Labute approximate surface area is 228 Å². The van der Waals surface area contributed by atoms with E-state index in [-0.39, 0.29) is 35.5 Å². The molecule has 39 heavy (non-hydrogen) atoms. The van der Waals surface area contributed by atoms with Gasteiger partial charge in [0.05, 0.1) is 0 Å². The van der Waals surface area contributed by atoms with Crippen molar-refractivity contribution in [1.29, 1.82) is 0 Å². The van der Waals surface area contributed by atoms with E-state index >= 15 is 0 Å². The van der Waals surface area contributed by atoms with E-state index in [0.717, 1.165) is 44.3 Å². The second-order valence-corrected chi connectivity index (χ2v) is 10.6. The summed E-state index contributed by atoms with van der Waals surface area (Å²) in [4.78, 5) is 29.2. The van der Waals surface area contributed by atoms with E-state index in [0.29, 0.717) is 44.2 Å². The van der Waals surface area contributed by atoms with Gasteiger partial charge in [0.1, 0.15) is 11.8 Å². The Morgan fingerprint density at radius 2 is 1.69 bits per heavy atom. The molecule has 9 heteroatoms. The number of phenolic OH excluding ortho intramolecular Hbond substituents is 1. The molecule has 2 amide bonds. The van der Waals surface area contributed by atoms with Crippen molar-refractivity contribution < 1.29 is 28.2 Å². The fourth-order valence-corrected chi connectivity index (χ4v) is 5.38. The highest BCUT2D eigenvalue weighted by Crippen LogP contribution is 2.30. The predicted molar refractivity (Wildman–Crippen MR) is 144 cm³/mol. The molecule has 2 aliphatic rings. The minimum atomic E-state index is -2.68. The first-order chi connectivity index (χ1) is 18.9. The third-order valence-electron chi connectivity index (χ3n) is 7.74. The SMILES string of the molecule is O=C(NCC1CCNCC1)C(c1cccc(C(F)F)c1)N(CC1CCOCC1)C(=O)CCc1ccc(O)cc1. The van der Waals surface area contributed by atoms with Gasteiger partial charge in [0.15, 0.2) is 0 Å². The van der Waals surface area contributed by atoms with Crippen LogP contribution in [0.4, 0.5) is 8.78 Å². The van der Waals surface area contributed by atoms with Crippen LogP contribution >= 0.6 is 0 Å². The fourth-order valence-electron chi connectivity index (χ4n) is 5.38. The smallest absolute Gasteiger partial charge is 0.263 e. The number of rotatable bonds is 11. The quantitative estimate of drug-likeness (QED) is 0.392. The number of ether oxygens (including phenoxy) is 1. The first-order valence-corrected chi connectivity index (χ1v) is 13.9. The number of aromatic hydroxyl groups is 1. The summed E-state index contributed by atoms with van der Waals surface area (Å²) >= 11 is 0. The van der Waals surface area contributed by atoms with Gasteiger partial charge in [0, 0.05) is 38.3 Å². The molecule has 0 bridgehead atoms. The molecule has 4 rings (SSSR count). The minimum Gasteiger partial charge on any atom is -0.508 e. The Morgan fingerprint density at radius 1 is 1.00 bits per heavy atom. The van der Waals surface area contributed by atoms with Crippen LogP contribution in [0.1, 0.15) is 61.3 Å². The fraction of sp³-hybridized carbons (Fsp3) is 0.533. The number of carbonyl (C=O) groups is 2. The lowest BCUT2D eigenvalue weighted by molar-refractivity contribution is -0.142. The summed E-state index contributed by atoms with van der Waals surface area (Å²) in [7, 11) is 0. The van der Waals surface area contributed by atoms with Gasteiger partial charge in [0.25, 0.3) is 6.43 Å². The van der Waals surface area contributed by atoms with Gasteiger partial charge in [-0.25, -0.2) is 8.78 Å². The van der Waals surface area contributed by atoms with Crippen LogP contribution in [-0.2, 0) is 20.7 Å². The number of hydrogen-bond acceptors (Lipinski definition) is 5. The van der Waals surface area contributed by atoms with Gasteiger partial charge >= 0.3 is 0 Å². The lowest BCUT2D eigenvalue weighted by Gasteiger charge is -2.36. The molecule has 2 fully saturated rings. The molecule has 0 aliphatic carbocycles. The van der Waals surface area contributed by atoms with Crippen LogP contribution in [0, 0.1) is 11.8 Å². The zero-order valence-electron chi connectivity index (χ0n) is 22.3. The van der Waals surface area contributed by atoms with E-state index in [2.05, 4.69) is 10.6 Å². The van der Waals surface area contributed by atoms with Crippen LogP contribution in [0.3, 0.4) is 0 Å². The molecule has 3 N–H and O–H groups in total. The Hall–Kier alpha value is -3.04. The summed E-state index contributed by atoms with van der Waals surface area (Å²) < 4.78 is 32.8. The molecule has 1 unspecified atom stereocenters. The maximum absolute atomic E-state index is 13.8. The summed E-state index contributed by atoms with van der Waals surface area (Å²) in [6.45, 7) is 3.81. The van der Waals surface area contributed by atoms with Crippen molar-refractivity contribution in [2.75, 3.05) is 39.4 Å². The summed E-state index contributed by atoms with van der Waals surface area (Å²) in [5, 5.41) is 16.0. The highest BCUT2D eigenvalue weighted by molar-refractivity contribution is 5.89. The maximum atomic E-state index is 13.8. The monoisotopic (exact) mass is 543 g/mol. The molecular weight excluding hydrogens is 504 g/mol. The van der Waals surface area contributed by atoms with Gasteiger partial charge in [-0.2, -0.15) is 0 Å². The van der Waals surface area contributed by atoms with E-state index in [4.69, 9.17) is 4.74 Å². The van der Waals surface area contributed by atoms with Crippen molar-refractivity contribution in [3.63, 3.8) is 0 Å². The second kappa shape index (κ2) is 14.4. The largest absolute Gasteiger partial charge is 0.508 e. The van der Waals surface area contributed by atoms with Crippen LogP contribution in [-0.4, -0.2) is 61.2 Å². The molecule has 0 saturated carbocycles. The summed E-state index contributed by atoms with van der Waals surface area (Å²) in [5.74, 6) is 0.0754. The topological polar surface area (TPSA) is 90.9 Å². The number of phenols is 1. The van der Waals surface area contributed by atoms with Crippen LogP contribution in [0.25, 0.3) is 0 Å². The van der Waals surface area contributed by atoms with Crippen LogP contribution in [0.5, 0.6) is 5.75 Å². The number of piperidine rings is 1. The summed E-state index contributed by atoms with van der Waals surface area (Å²) in [6.07, 6.45) is 1.33. The van der Waals surface area contributed by atoms with Crippen LogP contribution < -0.4 is 10.6 Å². The predicted octanol–water partition coefficient (Wildman–Crippen LogP) is 4.37. The van der Waals surface area contributed by atoms with Crippen molar-refractivity contribution in [2.24, 2.45) is 11.8 Å². The number of hydrogen-bond donors (Lipinski definition) is 3. The molecule has 0 spiro atoms.